The first-order valence-electron chi connectivity index (χ1n) is 7.57. The van der Waals surface area contributed by atoms with Crippen molar-refractivity contribution in [3.63, 3.8) is 0 Å². The zero-order chi connectivity index (χ0) is 14.4. The van der Waals surface area contributed by atoms with E-state index in [1.807, 2.05) is 6.92 Å². The molecule has 1 fully saturated rings. The first-order chi connectivity index (χ1) is 10.2. The van der Waals surface area contributed by atoms with Gasteiger partial charge >= 0.3 is 0 Å². The van der Waals surface area contributed by atoms with E-state index in [1.165, 1.54) is 30.4 Å². The molecule has 1 saturated carbocycles. The van der Waals surface area contributed by atoms with Gasteiger partial charge in [0, 0.05) is 17.7 Å². The van der Waals surface area contributed by atoms with Crippen molar-refractivity contribution in [1.29, 1.82) is 0 Å². The molecular formula is C17H19N3O. The van der Waals surface area contributed by atoms with Crippen LogP contribution in [0.5, 0.6) is 0 Å². The predicted molar refractivity (Wildman–Crippen MR) is 80.2 cm³/mol. The molecule has 0 unspecified atom stereocenters. The normalized spacial score (nSPS) is 25.9. The lowest BCUT2D eigenvalue weighted by molar-refractivity contribution is 0.0950. The SMILES string of the molecule is Cc1[nH]ncc1C(=O)NC[C@@H]1C[C@]12CCc1ccccc12. The number of amides is 1. The molecule has 4 rings (SSSR count). The Hall–Kier alpha value is -2.10. The van der Waals surface area contributed by atoms with Crippen molar-refractivity contribution in [1.82, 2.24) is 15.5 Å². The first kappa shape index (κ1) is 12.6. The minimum Gasteiger partial charge on any atom is -0.352 e. The molecule has 4 heteroatoms. The number of hydrogen-bond acceptors (Lipinski definition) is 2. The Morgan fingerprint density at radius 2 is 2.33 bits per heavy atom. The number of carbonyl (C=O) groups excluding carboxylic acids is 1. The summed E-state index contributed by atoms with van der Waals surface area (Å²) < 4.78 is 0. The molecule has 2 atom stereocenters. The highest BCUT2D eigenvalue weighted by Crippen LogP contribution is 2.61. The van der Waals surface area contributed by atoms with Crippen LogP contribution < -0.4 is 5.32 Å². The molecule has 1 heterocycles. The Labute approximate surface area is 124 Å². The zero-order valence-electron chi connectivity index (χ0n) is 12.1. The average Bonchev–Trinajstić information content (AvgIpc) is 2.82. The molecule has 0 bridgehead atoms. The number of nitrogens with zero attached hydrogens (tertiary/aromatic N) is 1. The van der Waals surface area contributed by atoms with Crippen molar-refractivity contribution in [2.24, 2.45) is 5.92 Å². The highest BCUT2D eigenvalue weighted by molar-refractivity contribution is 5.94. The van der Waals surface area contributed by atoms with Crippen molar-refractivity contribution >= 4 is 5.91 Å². The van der Waals surface area contributed by atoms with Crippen molar-refractivity contribution < 1.29 is 4.79 Å². The van der Waals surface area contributed by atoms with Crippen LogP contribution in [0.4, 0.5) is 0 Å². The molecule has 0 radical (unpaired) electrons. The van der Waals surface area contributed by atoms with Crippen LogP contribution in [0.1, 0.15) is 40.0 Å². The second kappa shape index (κ2) is 4.45. The molecule has 4 nitrogen and oxygen atoms in total. The first-order valence-corrected chi connectivity index (χ1v) is 7.57. The third-order valence-corrected chi connectivity index (χ3v) is 5.21. The topological polar surface area (TPSA) is 57.8 Å². The van der Waals surface area contributed by atoms with Gasteiger partial charge in [0.25, 0.3) is 5.91 Å². The van der Waals surface area contributed by atoms with E-state index in [1.54, 1.807) is 6.20 Å². The molecule has 1 aromatic heterocycles. The Kier molecular flexibility index (Phi) is 2.67. The van der Waals surface area contributed by atoms with Crippen molar-refractivity contribution in [2.45, 2.75) is 31.6 Å². The van der Waals surface area contributed by atoms with Gasteiger partial charge in [-0.05, 0) is 43.2 Å². The van der Waals surface area contributed by atoms with Gasteiger partial charge in [-0.2, -0.15) is 5.10 Å². The average molecular weight is 281 g/mol. The van der Waals surface area contributed by atoms with Crippen LogP contribution in [-0.2, 0) is 11.8 Å². The van der Waals surface area contributed by atoms with Gasteiger partial charge in [0.05, 0.1) is 11.8 Å². The number of nitrogens with one attached hydrogen (secondary N) is 2. The summed E-state index contributed by atoms with van der Waals surface area (Å²) in [6.45, 7) is 2.63. The molecule has 0 aliphatic heterocycles. The van der Waals surface area contributed by atoms with Gasteiger partial charge in [0.15, 0.2) is 0 Å². The number of H-pyrrole nitrogens is 1. The third kappa shape index (κ3) is 1.89. The van der Waals surface area contributed by atoms with Gasteiger partial charge in [-0.15, -0.1) is 0 Å². The number of benzene rings is 1. The largest absolute Gasteiger partial charge is 0.352 e. The molecular weight excluding hydrogens is 262 g/mol. The van der Waals surface area contributed by atoms with E-state index < -0.39 is 0 Å². The van der Waals surface area contributed by atoms with Crippen LogP contribution in [0.25, 0.3) is 0 Å². The van der Waals surface area contributed by atoms with E-state index in [0.717, 1.165) is 12.2 Å². The monoisotopic (exact) mass is 281 g/mol. The van der Waals surface area contributed by atoms with Crippen LogP contribution in [0.2, 0.25) is 0 Å². The minimum absolute atomic E-state index is 0.0189. The summed E-state index contributed by atoms with van der Waals surface area (Å²) >= 11 is 0. The molecule has 1 aromatic carbocycles. The summed E-state index contributed by atoms with van der Waals surface area (Å²) in [7, 11) is 0. The van der Waals surface area contributed by atoms with E-state index in [9.17, 15) is 4.79 Å². The van der Waals surface area contributed by atoms with E-state index in [-0.39, 0.29) is 5.91 Å². The van der Waals surface area contributed by atoms with E-state index in [2.05, 4.69) is 39.8 Å². The maximum absolute atomic E-state index is 12.1. The summed E-state index contributed by atoms with van der Waals surface area (Å²) in [4.78, 5) is 12.1. The van der Waals surface area contributed by atoms with Crippen LogP contribution in [0.15, 0.2) is 30.5 Å². The van der Waals surface area contributed by atoms with E-state index in [0.29, 0.717) is 16.9 Å². The standard InChI is InChI=1S/C17H19N3O/c1-11-14(10-19-20-11)16(21)18-9-13-8-17(13)7-6-12-4-2-3-5-15(12)17/h2-5,10,13H,6-9H2,1H3,(H,18,21)(H,19,20)/t13-,17+/m0/s1. The molecule has 2 aromatic rings. The van der Waals surface area contributed by atoms with Crippen LogP contribution in [0, 0.1) is 12.8 Å². The van der Waals surface area contributed by atoms with Crippen LogP contribution in [-0.4, -0.2) is 22.6 Å². The highest BCUT2D eigenvalue weighted by Gasteiger charge is 2.57. The van der Waals surface area contributed by atoms with Crippen LogP contribution in [0.3, 0.4) is 0 Å². The zero-order valence-corrected chi connectivity index (χ0v) is 12.1. The quantitative estimate of drug-likeness (QED) is 0.907. The van der Waals surface area contributed by atoms with Gasteiger partial charge in [0.1, 0.15) is 0 Å². The molecule has 21 heavy (non-hydrogen) atoms. The van der Waals surface area contributed by atoms with Gasteiger partial charge in [-0.25, -0.2) is 0 Å². The van der Waals surface area contributed by atoms with Gasteiger partial charge in [0.2, 0.25) is 0 Å². The van der Waals surface area contributed by atoms with Gasteiger partial charge in [-0.1, -0.05) is 24.3 Å². The van der Waals surface area contributed by atoms with E-state index in [4.69, 9.17) is 0 Å². The maximum atomic E-state index is 12.1. The summed E-state index contributed by atoms with van der Waals surface area (Å²) in [6.07, 6.45) is 5.21. The molecule has 1 amide bonds. The molecule has 1 spiro atoms. The number of rotatable bonds is 3. The fourth-order valence-corrected chi connectivity index (χ4v) is 3.89. The molecule has 108 valence electrons. The van der Waals surface area contributed by atoms with Crippen LogP contribution >= 0.6 is 0 Å². The van der Waals surface area contributed by atoms with Crippen molar-refractivity contribution in [2.75, 3.05) is 6.54 Å². The highest BCUT2D eigenvalue weighted by atomic mass is 16.1. The third-order valence-electron chi connectivity index (χ3n) is 5.21. The van der Waals surface area contributed by atoms with E-state index >= 15 is 0 Å². The number of aromatic amines is 1. The summed E-state index contributed by atoms with van der Waals surface area (Å²) in [5.41, 5.74) is 4.83. The minimum atomic E-state index is -0.0189. The number of hydrogen-bond donors (Lipinski definition) is 2. The number of carbonyl (C=O) groups is 1. The van der Waals surface area contributed by atoms with Crippen molar-refractivity contribution in [3.05, 3.63) is 52.8 Å². The van der Waals surface area contributed by atoms with Gasteiger partial charge < -0.3 is 5.32 Å². The Bertz CT molecular complexity index is 706. The number of aryl methyl sites for hydroxylation is 2. The Morgan fingerprint density at radius 3 is 3.14 bits per heavy atom. The lowest BCUT2D eigenvalue weighted by Gasteiger charge is -2.12. The summed E-state index contributed by atoms with van der Waals surface area (Å²) in [5, 5.41) is 9.77. The number of fused-ring (bicyclic) bond motifs is 2. The molecule has 0 saturated heterocycles. The van der Waals surface area contributed by atoms with Gasteiger partial charge in [-0.3, -0.25) is 9.89 Å². The second-order valence-corrected chi connectivity index (χ2v) is 6.33. The maximum Gasteiger partial charge on any atom is 0.254 e. The summed E-state index contributed by atoms with van der Waals surface area (Å²) in [6, 6.07) is 8.77. The van der Waals surface area contributed by atoms with Crippen molar-refractivity contribution in [3.8, 4) is 0 Å². The second-order valence-electron chi connectivity index (χ2n) is 6.33. The number of aromatic nitrogens is 2. The lowest BCUT2D eigenvalue weighted by atomic mass is 9.95. The molecule has 2 N–H and O–H groups in total. The Balaban J connectivity index is 1.43. The predicted octanol–water partition coefficient (Wildman–Crippen LogP) is 2.35. The fourth-order valence-electron chi connectivity index (χ4n) is 3.89. The molecule has 2 aliphatic carbocycles. The fraction of sp³-hybridized carbons (Fsp3) is 0.412. The smallest absolute Gasteiger partial charge is 0.254 e. The summed E-state index contributed by atoms with van der Waals surface area (Å²) in [5.74, 6) is 0.562. The lowest BCUT2D eigenvalue weighted by Crippen LogP contribution is -2.27. The Morgan fingerprint density at radius 1 is 1.48 bits per heavy atom. The molecule has 2 aliphatic rings.